The molecule has 112 valence electrons. The van der Waals surface area contributed by atoms with Gasteiger partial charge in [-0.1, -0.05) is 25.2 Å². The number of sulfone groups is 1. The van der Waals surface area contributed by atoms with Crippen molar-refractivity contribution in [2.24, 2.45) is 0 Å². The maximum Gasteiger partial charge on any atom is 0.211 e. The van der Waals surface area contributed by atoms with Crippen LogP contribution in [0.1, 0.15) is 24.8 Å². The molecule has 1 aliphatic rings. The molecule has 2 rings (SSSR count). The van der Waals surface area contributed by atoms with E-state index in [4.69, 9.17) is 23.8 Å². The molecule has 0 aromatic carbocycles. The fourth-order valence-corrected chi connectivity index (χ4v) is 5.37. The van der Waals surface area contributed by atoms with Crippen molar-refractivity contribution < 1.29 is 8.42 Å². The van der Waals surface area contributed by atoms with Crippen molar-refractivity contribution in [1.82, 2.24) is 15.5 Å². The summed E-state index contributed by atoms with van der Waals surface area (Å²) >= 11 is 12.6. The van der Waals surface area contributed by atoms with E-state index in [1.54, 1.807) is 0 Å². The number of halogens is 1. The molecule has 2 heterocycles. The van der Waals surface area contributed by atoms with Gasteiger partial charge in [0.05, 0.1) is 22.9 Å². The Kier molecular flexibility index (Phi) is 4.83. The van der Waals surface area contributed by atoms with Crippen LogP contribution < -0.4 is 10.6 Å². The first-order valence-corrected chi connectivity index (χ1v) is 9.50. The maximum atomic E-state index is 11.5. The lowest BCUT2D eigenvalue weighted by Gasteiger charge is -2.16. The van der Waals surface area contributed by atoms with E-state index in [0.717, 1.165) is 5.01 Å². The number of anilines is 1. The summed E-state index contributed by atoms with van der Waals surface area (Å²) in [5.74, 6) is 0.276. The Morgan fingerprint density at radius 3 is 2.65 bits per heavy atom. The summed E-state index contributed by atoms with van der Waals surface area (Å²) in [5, 5.41) is 15.2. The van der Waals surface area contributed by atoms with Crippen molar-refractivity contribution in [3.05, 3.63) is 5.01 Å². The van der Waals surface area contributed by atoms with E-state index >= 15 is 0 Å². The number of thiocarbonyl (C=S) groups is 1. The topological polar surface area (TPSA) is 84.0 Å². The highest BCUT2D eigenvalue weighted by atomic mass is 35.5. The van der Waals surface area contributed by atoms with Crippen molar-refractivity contribution in [2.75, 3.05) is 16.8 Å². The summed E-state index contributed by atoms with van der Waals surface area (Å²) in [6.45, 7) is 4.06. The second-order valence-corrected chi connectivity index (χ2v) is 9.03. The Labute approximate surface area is 132 Å². The van der Waals surface area contributed by atoms with E-state index in [-0.39, 0.29) is 17.5 Å². The summed E-state index contributed by atoms with van der Waals surface area (Å²) in [6.07, 6.45) is 0. The number of hydrogen-bond donors (Lipinski definition) is 2. The monoisotopic (exact) mass is 354 g/mol. The summed E-state index contributed by atoms with van der Waals surface area (Å²) in [7, 11) is -3.08. The first kappa shape index (κ1) is 15.9. The molecule has 6 nitrogen and oxygen atoms in total. The van der Waals surface area contributed by atoms with Crippen LogP contribution in [0.5, 0.6) is 0 Å². The summed E-state index contributed by atoms with van der Waals surface area (Å²) in [6, 6.07) is -0.376. The first-order chi connectivity index (χ1) is 9.27. The highest BCUT2D eigenvalue weighted by molar-refractivity contribution is 7.91. The Bertz CT molecular complexity index is 601. The van der Waals surface area contributed by atoms with Gasteiger partial charge in [0.25, 0.3) is 0 Å². The lowest BCUT2D eigenvalue weighted by Crippen LogP contribution is -2.42. The molecule has 0 amide bonds. The molecule has 1 aromatic heterocycles. The molecular weight excluding hydrogens is 340 g/mol. The minimum atomic E-state index is -3.08. The van der Waals surface area contributed by atoms with E-state index in [2.05, 4.69) is 20.8 Å². The van der Waals surface area contributed by atoms with Gasteiger partial charge in [-0.25, -0.2) is 8.42 Å². The second kappa shape index (κ2) is 6.08. The van der Waals surface area contributed by atoms with Gasteiger partial charge < -0.3 is 10.6 Å². The zero-order valence-corrected chi connectivity index (χ0v) is 14.2. The summed E-state index contributed by atoms with van der Waals surface area (Å²) in [4.78, 5) is 0. The molecule has 0 saturated carbocycles. The SMILES string of the molecule is CC(C)c1nnc(NC(=S)N[C@@H]2CS(=O)(=O)C[C@H]2Cl)s1. The molecule has 0 radical (unpaired) electrons. The largest absolute Gasteiger partial charge is 0.357 e. The van der Waals surface area contributed by atoms with E-state index in [0.29, 0.717) is 16.2 Å². The van der Waals surface area contributed by atoms with E-state index < -0.39 is 15.2 Å². The molecular formula is C10H15ClN4O2S3. The van der Waals surface area contributed by atoms with Gasteiger partial charge in [0.1, 0.15) is 5.01 Å². The van der Waals surface area contributed by atoms with Crippen LogP contribution in [-0.2, 0) is 9.84 Å². The number of alkyl halides is 1. The van der Waals surface area contributed by atoms with Gasteiger partial charge in [-0.05, 0) is 12.2 Å². The molecule has 0 aliphatic carbocycles. The minimum Gasteiger partial charge on any atom is -0.357 e. The fourth-order valence-electron chi connectivity index (χ4n) is 1.76. The zero-order chi connectivity index (χ0) is 14.9. The second-order valence-electron chi connectivity index (χ2n) is 4.90. The Morgan fingerprint density at radius 1 is 1.45 bits per heavy atom. The zero-order valence-electron chi connectivity index (χ0n) is 11.0. The number of aromatic nitrogens is 2. The molecule has 0 bridgehead atoms. The first-order valence-electron chi connectivity index (χ1n) is 6.02. The van der Waals surface area contributed by atoms with Crippen LogP contribution >= 0.6 is 35.2 Å². The number of hydrogen-bond acceptors (Lipinski definition) is 6. The van der Waals surface area contributed by atoms with E-state index in [1.807, 2.05) is 13.8 Å². The van der Waals surface area contributed by atoms with Gasteiger partial charge in [0, 0.05) is 5.92 Å². The Morgan fingerprint density at radius 2 is 2.15 bits per heavy atom. The van der Waals surface area contributed by atoms with Crippen LogP contribution in [-0.4, -0.2) is 46.7 Å². The molecule has 20 heavy (non-hydrogen) atoms. The molecule has 0 spiro atoms. The number of nitrogens with one attached hydrogen (secondary N) is 2. The van der Waals surface area contributed by atoms with Gasteiger partial charge in [-0.2, -0.15) is 0 Å². The highest BCUT2D eigenvalue weighted by Gasteiger charge is 2.36. The third kappa shape index (κ3) is 4.00. The third-order valence-corrected chi connectivity index (χ3v) is 6.49. The lowest BCUT2D eigenvalue weighted by molar-refractivity contribution is 0.600. The maximum absolute atomic E-state index is 11.5. The van der Waals surface area contributed by atoms with Crippen LogP contribution in [0.4, 0.5) is 5.13 Å². The fraction of sp³-hybridized carbons (Fsp3) is 0.700. The van der Waals surface area contributed by atoms with Crippen molar-refractivity contribution in [3.63, 3.8) is 0 Å². The Hall–Kier alpha value is -0.510. The molecule has 10 heteroatoms. The van der Waals surface area contributed by atoms with Crippen molar-refractivity contribution in [2.45, 2.75) is 31.2 Å². The van der Waals surface area contributed by atoms with Crippen LogP contribution in [0.15, 0.2) is 0 Å². The molecule has 1 aliphatic heterocycles. The predicted molar refractivity (Wildman–Crippen MR) is 85.4 cm³/mol. The van der Waals surface area contributed by atoms with Crippen molar-refractivity contribution >= 4 is 55.2 Å². The van der Waals surface area contributed by atoms with E-state index in [1.165, 1.54) is 11.3 Å². The number of rotatable bonds is 3. The molecule has 1 saturated heterocycles. The van der Waals surface area contributed by atoms with Gasteiger partial charge >= 0.3 is 0 Å². The van der Waals surface area contributed by atoms with Crippen LogP contribution in [0, 0.1) is 0 Å². The highest BCUT2D eigenvalue weighted by Crippen LogP contribution is 2.22. The summed E-state index contributed by atoms with van der Waals surface area (Å²) in [5.41, 5.74) is 0. The average molecular weight is 355 g/mol. The third-order valence-electron chi connectivity index (χ3n) is 2.75. The smallest absolute Gasteiger partial charge is 0.211 e. The lowest BCUT2D eigenvalue weighted by atomic mass is 10.2. The predicted octanol–water partition coefficient (Wildman–Crippen LogP) is 1.35. The van der Waals surface area contributed by atoms with Crippen LogP contribution in [0.2, 0.25) is 0 Å². The minimum absolute atomic E-state index is 0.00362. The molecule has 0 unspecified atom stereocenters. The van der Waals surface area contributed by atoms with E-state index in [9.17, 15) is 8.42 Å². The summed E-state index contributed by atoms with van der Waals surface area (Å²) < 4.78 is 22.9. The van der Waals surface area contributed by atoms with Gasteiger partial charge in [0.2, 0.25) is 5.13 Å². The molecule has 1 fully saturated rings. The molecule has 2 N–H and O–H groups in total. The Balaban J connectivity index is 1.92. The number of nitrogens with zero attached hydrogens (tertiary/aromatic N) is 2. The normalized spacial score (nSPS) is 24.8. The van der Waals surface area contributed by atoms with Gasteiger partial charge in [-0.15, -0.1) is 21.8 Å². The average Bonchev–Trinajstić information content (AvgIpc) is 2.84. The van der Waals surface area contributed by atoms with Gasteiger partial charge in [0.15, 0.2) is 14.9 Å². The van der Waals surface area contributed by atoms with Crippen LogP contribution in [0.25, 0.3) is 0 Å². The molecule has 1 aromatic rings. The van der Waals surface area contributed by atoms with Crippen molar-refractivity contribution in [1.29, 1.82) is 0 Å². The molecule has 2 atom stereocenters. The van der Waals surface area contributed by atoms with Crippen molar-refractivity contribution in [3.8, 4) is 0 Å². The van der Waals surface area contributed by atoms with Crippen LogP contribution in [0.3, 0.4) is 0 Å². The van der Waals surface area contributed by atoms with Gasteiger partial charge in [-0.3, -0.25) is 0 Å². The quantitative estimate of drug-likeness (QED) is 0.626. The standard InChI is InChI=1S/C10H15ClN4O2S3/c1-5(2)8-14-15-10(19-8)13-9(18)12-7-4-20(16,17)3-6(7)11/h5-7H,3-4H2,1-2H3,(H2,12,13,15,18)/t6-,7-/m1/s1.